The van der Waals surface area contributed by atoms with Crippen LogP contribution >= 0.6 is 0 Å². The summed E-state index contributed by atoms with van der Waals surface area (Å²) in [4.78, 5) is 17.5. The zero-order valence-corrected chi connectivity index (χ0v) is 14.8. The van der Waals surface area contributed by atoms with Gasteiger partial charge >= 0.3 is 6.09 Å². The van der Waals surface area contributed by atoms with Crippen LogP contribution in [0.15, 0.2) is 34.9 Å². The van der Waals surface area contributed by atoms with E-state index in [0.717, 1.165) is 0 Å². The third kappa shape index (κ3) is 3.79. The monoisotopic (exact) mass is 361 g/mol. The SMILES string of the molecule is CCN=NN(C)CC1CN(c2ccc(-n3cnc(C)n3)c(F)c2)C(=O)O1. The first-order chi connectivity index (χ1) is 12.5. The molecule has 0 N–H and O–H groups in total. The molecular formula is C16H20FN7O2. The Bertz CT molecular complexity index is 823. The van der Waals surface area contributed by atoms with Gasteiger partial charge in [-0.3, -0.25) is 9.91 Å². The molecule has 1 aliphatic rings. The molecule has 1 aromatic heterocycles. The van der Waals surface area contributed by atoms with Crippen LogP contribution in [0.1, 0.15) is 12.7 Å². The number of nitrogens with zero attached hydrogens (tertiary/aromatic N) is 7. The molecule has 1 unspecified atom stereocenters. The Morgan fingerprint density at radius 2 is 2.27 bits per heavy atom. The molecule has 3 rings (SSSR count). The van der Waals surface area contributed by atoms with Crippen molar-refractivity contribution in [1.29, 1.82) is 0 Å². The fourth-order valence-corrected chi connectivity index (χ4v) is 2.64. The lowest BCUT2D eigenvalue weighted by Crippen LogP contribution is -2.29. The molecule has 1 atom stereocenters. The van der Waals surface area contributed by atoms with Gasteiger partial charge in [-0.1, -0.05) is 5.22 Å². The maximum absolute atomic E-state index is 14.5. The molecule has 2 heterocycles. The number of likely N-dealkylation sites (N-methyl/N-ethyl adjacent to an activating group) is 1. The van der Waals surface area contributed by atoms with Crippen LogP contribution in [-0.2, 0) is 4.74 Å². The highest BCUT2D eigenvalue weighted by molar-refractivity contribution is 5.89. The summed E-state index contributed by atoms with van der Waals surface area (Å²) < 4.78 is 21.2. The van der Waals surface area contributed by atoms with Gasteiger partial charge in [-0.15, -0.1) is 0 Å². The molecule has 10 heteroatoms. The minimum absolute atomic E-state index is 0.262. The van der Waals surface area contributed by atoms with Crippen LogP contribution in [0.25, 0.3) is 5.69 Å². The van der Waals surface area contributed by atoms with Crippen LogP contribution in [0, 0.1) is 12.7 Å². The zero-order valence-electron chi connectivity index (χ0n) is 14.8. The number of carbonyl (C=O) groups is 1. The van der Waals surface area contributed by atoms with Crippen molar-refractivity contribution in [3.63, 3.8) is 0 Å². The summed E-state index contributed by atoms with van der Waals surface area (Å²) in [5.74, 6) is 0.0429. The lowest BCUT2D eigenvalue weighted by Gasteiger charge is -2.16. The molecule has 0 saturated carbocycles. The highest BCUT2D eigenvalue weighted by atomic mass is 19.1. The quantitative estimate of drug-likeness (QED) is 0.582. The van der Waals surface area contributed by atoms with Gasteiger partial charge in [0, 0.05) is 7.05 Å². The fourth-order valence-electron chi connectivity index (χ4n) is 2.64. The first-order valence-corrected chi connectivity index (χ1v) is 8.22. The van der Waals surface area contributed by atoms with Crippen LogP contribution < -0.4 is 4.90 Å². The van der Waals surface area contributed by atoms with Gasteiger partial charge in [0.05, 0.1) is 25.3 Å². The van der Waals surface area contributed by atoms with Crippen LogP contribution in [0.2, 0.25) is 0 Å². The number of carbonyl (C=O) groups excluding carboxylic acids is 1. The van der Waals surface area contributed by atoms with E-state index in [1.165, 1.54) is 22.0 Å². The number of ether oxygens (including phenoxy) is 1. The summed E-state index contributed by atoms with van der Waals surface area (Å²) in [5, 5.41) is 13.6. The second-order valence-corrected chi connectivity index (χ2v) is 5.88. The number of hydrogen-bond acceptors (Lipinski definition) is 6. The topological polar surface area (TPSA) is 88.2 Å². The third-order valence-electron chi connectivity index (χ3n) is 3.80. The average molecular weight is 361 g/mol. The number of cyclic esters (lactones) is 1. The smallest absolute Gasteiger partial charge is 0.414 e. The Kier molecular flexibility index (Phi) is 5.10. The first-order valence-electron chi connectivity index (χ1n) is 8.22. The van der Waals surface area contributed by atoms with Crippen molar-refractivity contribution in [2.75, 3.05) is 31.6 Å². The lowest BCUT2D eigenvalue weighted by atomic mass is 10.2. The van der Waals surface area contributed by atoms with Crippen molar-refractivity contribution < 1.29 is 13.9 Å². The minimum atomic E-state index is -0.514. The number of rotatable bonds is 6. The van der Waals surface area contributed by atoms with E-state index < -0.39 is 11.9 Å². The molecule has 1 aliphatic heterocycles. The van der Waals surface area contributed by atoms with Gasteiger partial charge in [-0.25, -0.2) is 18.9 Å². The number of hydrogen-bond donors (Lipinski definition) is 0. The van der Waals surface area contributed by atoms with Gasteiger partial charge in [0.2, 0.25) is 0 Å². The number of aromatic nitrogens is 3. The average Bonchev–Trinajstić information content (AvgIpc) is 3.18. The molecule has 1 amide bonds. The summed E-state index contributed by atoms with van der Waals surface area (Å²) in [5.41, 5.74) is 0.687. The molecule has 1 fully saturated rings. The lowest BCUT2D eigenvalue weighted by molar-refractivity contribution is 0.115. The fraction of sp³-hybridized carbons (Fsp3) is 0.438. The standard InChI is InChI=1S/C16H20FN7O2/c1-4-19-21-22(3)8-13-9-23(16(25)26-13)12-5-6-15(14(17)7-12)24-10-18-11(2)20-24/h5-7,10,13H,4,8-9H2,1-3H3. The number of anilines is 1. The van der Waals surface area contributed by atoms with Crippen molar-refractivity contribution in [3.8, 4) is 5.69 Å². The largest absolute Gasteiger partial charge is 0.442 e. The highest BCUT2D eigenvalue weighted by Gasteiger charge is 2.33. The summed E-state index contributed by atoms with van der Waals surface area (Å²) in [6, 6.07) is 4.50. The van der Waals surface area contributed by atoms with E-state index in [2.05, 4.69) is 20.4 Å². The van der Waals surface area contributed by atoms with E-state index >= 15 is 0 Å². The number of amides is 1. The summed E-state index contributed by atoms with van der Waals surface area (Å²) in [6.07, 6.45) is 0.553. The Morgan fingerprint density at radius 1 is 1.46 bits per heavy atom. The minimum Gasteiger partial charge on any atom is -0.442 e. The van der Waals surface area contributed by atoms with E-state index in [0.29, 0.717) is 31.1 Å². The predicted molar refractivity (Wildman–Crippen MR) is 91.7 cm³/mol. The maximum Gasteiger partial charge on any atom is 0.414 e. The molecule has 0 aliphatic carbocycles. The Hall–Kier alpha value is -3.04. The number of aryl methyl sites for hydroxylation is 1. The maximum atomic E-state index is 14.5. The molecule has 1 saturated heterocycles. The van der Waals surface area contributed by atoms with Crippen molar-refractivity contribution in [1.82, 2.24) is 19.8 Å². The van der Waals surface area contributed by atoms with Crippen molar-refractivity contribution in [2.24, 2.45) is 10.3 Å². The predicted octanol–water partition coefficient (Wildman–Crippen LogP) is 2.36. The van der Waals surface area contributed by atoms with Gasteiger partial charge in [-0.2, -0.15) is 10.2 Å². The van der Waals surface area contributed by atoms with Gasteiger partial charge in [-0.05, 0) is 32.0 Å². The highest BCUT2D eigenvalue weighted by Crippen LogP contribution is 2.25. The molecule has 9 nitrogen and oxygen atoms in total. The summed E-state index contributed by atoms with van der Waals surface area (Å²) in [6.45, 7) is 4.90. The van der Waals surface area contributed by atoms with Crippen LogP contribution in [0.4, 0.5) is 14.9 Å². The Morgan fingerprint density at radius 3 is 2.92 bits per heavy atom. The van der Waals surface area contributed by atoms with Gasteiger partial charge < -0.3 is 4.74 Å². The van der Waals surface area contributed by atoms with E-state index in [1.807, 2.05) is 6.92 Å². The molecule has 0 spiro atoms. The zero-order chi connectivity index (χ0) is 18.7. The Labute approximate surface area is 150 Å². The Balaban J connectivity index is 1.72. The summed E-state index contributed by atoms with van der Waals surface area (Å²) >= 11 is 0. The van der Waals surface area contributed by atoms with Gasteiger partial charge in [0.15, 0.2) is 5.82 Å². The molecule has 26 heavy (non-hydrogen) atoms. The van der Waals surface area contributed by atoms with Gasteiger partial charge in [0.1, 0.15) is 23.9 Å². The summed E-state index contributed by atoms with van der Waals surface area (Å²) in [7, 11) is 1.75. The second kappa shape index (κ2) is 7.46. The molecule has 0 bridgehead atoms. The van der Waals surface area contributed by atoms with E-state index in [4.69, 9.17) is 4.74 Å². The van der Waals surface area contributed by atoms with E-state index in [1.54, 1.807) is 31.1 Å². The normalized spacial score (nSPS) is 17.2. The van der Waals surface area contributed by atoms with Crippen LogP contribution in [-0.4, -0.2) is 58.7 Å². The first kappa shape index (κ1) is 17.8. The van der Waals surface area contributed by atoms with Gasteiger partial charge in [0.25, 0.3) is 0 Å². The molecule has 2 aromatic rings. The van der Waals surface area contributed by atoms with Crippen molar-refractivity contribution in [3.05, 3.63) is 36.2 Å². The molecule has 0 radical (unpaired) electrons. The second-order valence-electron chi connectivity index (χ2n) is 5.88. The third-order valence-corrected chi connectivity index (χ3v) is 3.80. The van der Waals surface area contributed by atoms with E-state index in [-0.39, 0.29) is 11.8 Å². The number of benzene rings is 1. The molecular weight excluding hydrogens is 341 g/mol. The molecule has 1 aromatic carbocycles. The van der Waals surface area contributed by atoms with Crippen molar-refractivity contribution >= 4 is 11.8 Å². The number of halogens is 1. The molecule has 138 valence electrons. The van der Waals surface area contributed by atoms with Crippen LogP contribution in [0.5, 0.6) is 0 Å². The van der Waals surface area contributed by atoms with E-state index in [9.17, 15) is 9.18 Å². The van der Waals surface area contributed by atoms with Crippen molar-refractivity contribution in [2.45, 2.75) is 20.0 Å². The van der Waals surface area contributed by atoms with Crippen LogP contribution in [0.3, 0.4) is 0 Å².